The number of ether oxygens (including phenoxy) is 2. The van der Waals surface area contributed by atoms with Crippen molar-refractivity contribution in [2.45, 2.75) is 25.3 Å². The lowest BCUT2D eigenvalue weighted by Crippen LogP contribution is -2.38. The Hall–Kier alpha value is -2.69. The zero-order valence-corrected chi connectivity index (χ0v) is 14.5. The van der Waals surface area contributed by atoms with Crippen LogP contribution in [0.25, 0.3) is 0 Å². The van der Waals surface area contributed by atoms with Crippen molar-refractivity contribution >= 4 is 6.03 Å². The molecule has 2 aromatic rings. The van der Waals surface area contributed by atoms with E-state index < -0.39 is 0 Å². The first-order valence-corrected chi connectivity index (χ1v) is 8.65. The first-order valence-electron chi connectivity index (χ1n) is 8.65. The molecule has 1 unspecified atom stereocenters. The van der Waals surface area contributed by atoms with Gasteiger partial charge in [0.05, 0.1) is 19.8 Å². The van der Waals surface area contributed by atoms with Gasteiger partial charge in [0, 0.05) is 12.1 Å². The fraction of sp³-hybridized carbons (Fsp3) is 0.350. The molecular formula is C20H24N2O3. The number of amides is 2. The number of methoxy groups -OCH3 is 1. The van der Waals surface area contributed by atoms with Crippen molar-refractivity contribution in [3.8, 4) is 11.5 Å². The van der Waals surface area contributed by atoms with E-state index in [1.54, 1.807) is 7.11 Å². The van der Waals surface area contributed by atoms with Crippen molar-refractivity contribution in [3.05, 3.63) is 59.7 Å². The third kappa shape index (κ3) is 4.66. The lowest BCUT2D eigenvalue weighted by Gasteiger charge is -2.18. The SMILES string of the molecule is COc1ccc(CCNC(=O)NC2CCCOc3ccccc32)cc1. The number of carbonyl (C=O) groups excluding carboxylic acids is 1. The summed E-state index contributed by atoms with van der Waals surface area (Å²) in [6.45, 7) is 1.28. The molecule has 0 aliphatic carbocycles. The monoisotopic (exact) mass is 340 g/mol. The summed E-state index contributed by atoms with van der Waals surface area (Å²) >= 11 is 0. The van der Waals surface area contributed by atoms with E-state index in [9.17, 15) is 4.79 Å². The Morgan fingerprint density at radius 1 is 1.20 bits per heavy atom. The summed E-state index contributed by atoms with van der Waals surface area (Å²) in [5, 5.41) is 6.01. The van der Waals surface area contributed by atoms with E-state index in [0.29, 0.717) is 13.2 Å². The highest BCUT2D eigenvalue weighted by Gasteiger charge is 2.20. The number of hydrogen-bond donors (Lipinski definition) is 2. The molecule has 5 heteroatoms. The highest BCUT2D eigenvalue weighted by atomic mass is 16.5. The number of urea groups is 1. The van der Waals surface area contributed by atoms with Gasteiger partial charge in [-0.2, -0.15) is 0 Å². The van der Waals surface area contributed by atoms with E-state index in [0.717, 1.165) is 41.9 Å². The van der Waals surface area contributed by atoms with Gasteiger partial charge in [-0.3, -0.25) is 0 Å². The van der Waals surface area contributed by atoms with Gasteiger partial charge in [-0.1, -0.05) is 30.3 Å². The van der Waals surface area contributed by atoms with Gasteiger partial charge in [-0.05, 0) is 43.0 Å². The Kier molecular flexibility index (Phi) is 5.77. The summed E-state index contributed by atoms with van der Waals surface area (Å²) in [6.07, 6.45) is 2.58. The third-order valence-electron chi connectivity index (χ3n) is 4.35. The zero-order valence-electron chi connectivity index (χ0n) is 14.5. The molecule has 132 valence electrons. The first kappa shape index (κ1) is 17.1. The predicted molar refractivity (Wildman–Crippen MR) is 97.1 cm³/mol. The molecule has 1 heterocycles. The minimum absolute atomic E-state index is 0.0142. The van der Waals surface area contributed by atoms with Gasteiger partial charge in [0.25, 0.3) is 0 Å². The normalized spacial score (nSPS) is 16.1. The van der Waals surface area contributed by atoms with E-state index in [1.165, 1.54) is 0 Å². The highest BCUT2D eigenvalue weighted by Crippen LogP contribution is 2.30. The van der Waals surface area contributed by atoms with Crippen LogP contribution in [0.2, 0.25) is 0 Å². The van der Waals surface area contributed by atoms with Gasteiger partial charge in [0.15, 0.2) is 0 Å². The van der Waals surface area contributed by atoms with Crippen molar-refractivity contribution in [2.24, 2.45) is 0 Å². The topological polar surface area (TPSA) is 59.6 Å². The molecule has 0 saturated carbocycles. The highest BCUT2D eigenvalue weighted by molar-refractivity contribution is 5.74. The third-order valence-corrected chi connectivity index (χ3v) is 4.35. The fourth-order valence-corrected chi connectivity index (χ4v) is 3.00. The Labute approximate surface area is 148 Å². The number of rotatable bonds is 5. The molecule has 2 aromatic carbocycles. The maximum absolute atomic E-state index is 12.2. The predicted octanol–water partition coefficient (Wildman–Crippen LogP) is 3.45. The van der Waals surface area contributed by atoms with Crippen molar-refractivity contribution in [1.29, 1.82) is 0 Å². The van der Waals surface area contributed by atoms with Crippen LogP contribution in [0.5, 0.6) is 11.5 Å². The van der Waals surface area contributed by atoms with Gasteiger partial charge in [0.2, 0.25) is 0 Å². The van der Waals surface area contributed by atoms with Crippen LogP contribution in [0.4, 0.5) is 4.79 Å². The number of para-hydroxylation sites is 1. The summed E-state index contributed by atoms with van der Waals surface area (Å²) in [4.78, 5) is 12.2. The van der Waals surface area contributed by atoms with Crippen LogP contribution < -0.4 is 20.1 Å². The van der Waals surface area contributed by atoms with Gasteiger partial charge in [-0.25, -0.2) is 4.79 Å². The lowest BCUT2D eigenvalue weighted by molar-refractivity contribution is 0.236. The number of fused-ring (bicyclic) bond motifs is 1. The standard InChI is InChI=1S/C20H24N2O3/c1-24-16-10-8-15(9-11-16)12-13-21-20(23)22-18-6-4-14-25-19-7-3-2-5-17(18)19/h2-3,5,7-11,18H,4,6,12-14H2,1H3,(H2,21,22,23). The Morgan fingerprint density at radius 2 is 2.00 bits per heavy atom. The van der Waals surface area contributed by atoms with Crippen LogP contribution in [0.3, 0.4) is 0 Å². The minimum Gasteiger partial charge on any atom is -0.497 e. The molecule has 0 saturated heterocycles. The molecule has 2 amide bonds. The molecule has 1 aliphatic rings. The van der Waals surface area contributed by atoms with E-state index in [2.05, 4.69) is 10.6 Å². The van der Waals surface area contributed by atoms with Gasteiger partial charge in [0.1, 0.15) is 11.5 Å². The molecule has 0 radical (unpaired) electrons. The number of nitrogens with one attached hydrogen (secondary N) is 2. The Bertz CT molecular complexity index is 700. The van der Waals surface area contributed by atoms with Crippen molar-refractivity contribution in [2.75, 3.05) is 20.3 Å². The van der Waals surface area contributed by atoms with Crippen molar-refractivity contribution < 1.29 is 14.3 Å². The molecule has 0 spiro atoms. The van der Waals surface area contributed by atoms with Crippen LogP contribution in [-0.4, -0.2) is 26.3 Å². The van der Waals surface area contributed by atoms with Crippen LogP contribution in [-0.2, 0) is 6.42 Å². The largest absolute Gasteiger partial charge is 0.497 e. The van der Waals surface area contributed by atoms with Crippen LogP contribution in [0.1, 0.15) is 30.0 Å². The molecule has 3 rings (SSSR count). The van der Waals surface area contributed by atoms with Crippen LogP contribution in [0, 0.1) is 0 Å². The zero-order chi connectivity index (χ0) is 17.5. The van der Waals surface area contributed by atoms with Crippen LogP contribution in [0.15, 0.2) is 48.5 Å². The fourth-order valence-electron chi connectivity index (χ4n) is 3.00. The molecule has 5 nitrogen and oxygen atoms in total. The lowest BCUT2D eigenvalue weighted by atomic mass is 10.0. The summed E-state index contributed by atoms with van der Waals surface area (Å²) in [5.41, 5.74) is 2.21. The second kappa shape index (κ2) is 8.42. The average Bonchev–Trinajstić information content (AvgIpc) is 2.85. The average molecular weight is 340 g/mol. The number of hydrogen-bond acceptors (Lipinski definition) is 3. The molecule has 2 N–H and O–H groups in total. The summed E-state index contributed by atoms with van der Waals surface area (Å²) < 4.78 is 10.9. The quantitative estimate of drug-likeness (QED) is 0.876. The van der Waals surface area contributed by atoms with Gasteiger partial charge >= 0.3 is 6.03 Å². The van der Waals surface area contributed by atoms with Gasteiger partial charge in [-0.15, -0.1) is 0 Å². The molecule has 25 heavy (non-hydrogen) atoms. The maximum atomic E-state index is 12.2. The summed E-state index contributed by atoms with van der Waals surface area (Å²) in [5.74, 6) is 1.70. The molecular weight excluding hydrogens is 316 g/mol. The maximum Gasteiger partial charge on any atom is 0.315 e. The molecule has 1 aliphatic heterocycles. The summed E-state index contributed by atoms with van der Waals surface area (Å²) in [7, 11) is 1.65. The minimum atomic E-state index is -0.143. The van der Waals surface area contributed by atoms with Crippen LogP contribution >= 0.6 is 0 Å². The van der Waals surface area contributed by atoms with Crippen molar-refractivity contribution in [1.82, 2.24) is 10.6 Å². The second-order valence-corrected chi connectivity index (χ2v) is 6.08. The molecule has 0 aromatic heterocycles. The summed E-state index contributed by atoms with van der Waals surface area (Å²) in [6, 6.07) is 15.6. The molecule has 0 bridgehead atoms. The smallest absolute Gasteiger partial charge is 0.315 e. The van der Waals surface area contributed by atoms with E-state index in [1.807, 2.05) is 48.5 Å². The van der Waals surface area contributed by atoms with E-state index in [-0.39, 0.29) is 12.1 Å². The molecule has 1 atom stereocenters. The molecule has 0 fully saturated rings. The Morgan fingerprint density at radius 3 is 2.80 bits per heavy atom. The van der Waals surface area contributed by atoms with E-state index >= 15 is 0 Å². The van der Waals surface area contributed by atoms with E-state index in [4.69, 9.17) is 9.47 Å². The van der Waals surface area contributed by atoms with Gasteiger partial charge < -0.3 is 20.1 Å². The second-order valence-electron chi connectivity index (χ2n) is 6.08. The van der Waals surface area contributed by atoms with Crippen molar-refractivity contribution in [3.63, 3.8) is 0 Å². The Balaban J connectivity index is 1.50. The first-order chi connectivity index (χ1) is 12.3. The number of benzene rings is 2. The number of carbonyl (C=O) groups is 1.